The van der Waals surface area contributed by atoms with Gasteiger partial charge in [-0.3, -0.25) is 4.79 Å². The highest BCUT2D eigenvalue weighted by Gasteiger charge is 2.21. The lowest BCUT2D eigenvalue weighted by Crippen LogP contribution is -2.35. The van der Waals surface area contributed by atoms with Gasteiger partial charge in [-0.1, -0.05) is 18.2 Å². The Balaban J connectivity index is 1.65. The first-order valence-electron chi connectivity index (χ1n) is 7.54. The summed E-state index contributed by atoms with van der Waals surface area (Å²) < 4.78 is 5.65. The number of carbonyl (C=O) groups is 1. The highest BCUT2D eigenvalue weighted by Crippen LogP contribution is 2.31. The van der Waals surface area contributed by atoms with Crippen molar-refractivity contribution in [2.45, 2.75) is 19.4 Å². The zero-order valence-corrected chi connectivity index (χ0v) is 13.7. The van der Waals surface area contributed by atoms with Gasteiger partial charge in [-0.25, -0.2) is 0 Å². The Kier molecular flexibility index (Phi) is 4.57. The molecule has 1 atom stereocenters. The van der Waals surface area contributed by atoms with E-state index in [2.05, 4.69) is 16.7 Å². The van der Waals surface area contributed by atoms with Gasteiger partial charge in [-0.05, 0) is 49.5 Å². The van der Waals surface area contributed by atoms with E-state index in [0.717, 1.165) is 23.4 Å². The number of hydrogen-bond donors (Lipinski definition) is 2. The molecule has 0 saturated carbocycles. The van der Waals surface area contributed by atoms with Crippen molar-refractivity contribution >= 4 is 28.8 Å². The summed E-state index contributed by atoms with van der Waals surface area (Å²) in [5, 5.41) is 7.05. The number of ether oxygens (including phenoxy) is 1. The Hall–Kier alpha value is -2.40. The second-order valence-electron chi connectivity index (χ2n) is 5.46. The van der Waals surface area contributed by atoms with Crippen molar-refractivity contribution in [3.05, 3.63) is 59.7 Å². The quantitative estimate of drug-likeness (QED) is 0.665. The predicted octanol–water partition coefficient (Wildman–Crippen LogP) is 3.70. The maximum absolute atomic E-state index is 11.3. The molecule has 2 aromatic carbocycles. The number of fused-ring (bicyclic) bond motifs is 1. The largest absolute Gasteiger partial charge is 0.493 e. The molecule has 2 aromatic rings. The molecule has 0 aliphatic carbocycles. The third kappa shape index (κ3) is 3.68. The molecule has 0 aromatic heterocycles. The van der Waals surface area contributed by atoms with Crippen molar-refractivity contribution in [3.63, 3.8) is 0 Å². The molecule has 23 heavy (non-hydrogen) atoms. The molecular formula is C18H18N2O2S. The zero-order chi connectivity index (χ0) is 16.2. The highest BCUT2D eigenvalue weighted by atomic mass is 32.1. The molecule has 5 heteroatoms. The van der Waals surface area contributed by atoms with Crippen molar-refractivity contribution in [2.24, 2.45) is 0 Å². The lowest BCUT2D eigenvalue weighted by atomic mass is 10.0. The number of anilines is 1. The van der Waals surface area contributed by atoms with Gasteiger partial charge in [-0.2, -0.15) is 0 Å². The monoisotopic (exact) mass is 326 g/mol. The second kappa shape index (κ2) is 6.79. The first-order chi connectivity index (χ1) is 11.1. The van der Waals surface area contributed by atoms with Crippen LogP contribution in [0.5, 0.6) is 5.75 Å². The average molecular weight is 326 g/mol. The number of carbonyl (C=O) groups excluding carboxylic acids is 1. The van der Waals surface area contributed by atoms with E-state index in [9.17, 15) is 4.79 Å². The van der Waals surface area contributed by atoms with Crippen molar-refractivity contribution in [1.29, 1.82) is 0 Å². The third-order valence-corrected chi connectivity index (χ3v) is 4.03. The van der Waals surface area contributed by atoms with E-state index in [4.69, 9.17) is 17.0 Å². The van der Waals surface area contributed by atoms with Crippen molar-refractivity contribution in [2.75, 3.05) is 11.9 Å². The number of thiocarbonyl (C=S) groups is 1. The minimum absolute atomic E-state index is 0.0519. The first-order valence-corrected chi connectivity index (χ1v) is 7.94. The molecule has 118 valence electrons. The topological polar surface area (TPSA) is 50.4 Å². The Labute approximate surface area is 140 Å². The highest BCUT2D eigenvalue weighted by molar-refractivity contribution is 7.80. The fourth-order valence-electron chi connectivity index (χ4n) is 2.61. The van der Waals surface area contributed by atoms with Gasteiger partial charge in [0.2, 0.25) is 0 Å². The van der Waals surface area contributed by atoms with Crippen molar-refractivity contribution < 1.29 is 9.53 Å². The van der Waals surface area contributed by atoms with Crippen molar-refractivity contribution in [3.8, 4) is 5.75 Å². The molecule has 4 nitrogen and oxygen atoms in total. The van der Waals surface area contributed by atoms with Gasteiger partial charge in [-0.15, -0.1) is 0 Å². The number of rotatable bonds is 3. The van der Waals surface area contributed by atoms with Crippen LogP contribution in [0.3, 0.4) is 0 Å². The summed E-state index contributed by atoms with van der Waals surface area (Å²) >= 11 is 5.40. The number of Topliss-reactive ketones (excluding diaryl/α,β-unsaturated/α-hetero) is 1. The average Bonchev–Trinajstić information content (AvgIpc) is 2.55. The lowest BCUT2D eigenvalue weighted by molar-refractivity contribution is 0.101. The van der Waals surface area contributed by atoms with Crippen LogP contribution in [0.15, 0.2) is 48.5 Å². The minimum atomic E-state index is 0.0519. The van der Waals surface area contributed by atoms with E-state index in [-0.39, 0.29) is 11.8 Å². The number of para-hydroxylation sites is 1. The third-order valence-electron chi connectivity index (χ3n) is 3.81. The van der Waals surface area contributed by atoms with Gasteiger partial charge in [0.25, 0.3) is 0 Å². The van der Waals surface area contributed by atoms with Crippen LogP contribution in [0.2, 0.25) is 0 Å². The van der Waals surface area contributed by atoms with Crippen LogP contribution in [0, 0.1) is 0 Å². The molecule has 3 rings (SSSR count). The van der Waals surface area contributed by atoms with Gasteiger partial charge in [0.1, 0.15) is 5.75 Å². The number of benzene rings is 2. The molecule has 1 heterocycles. The number of ketones is 1. The molecule has 0 amide bonds. The van der Waals surface area contributed by atoms with Crippen LogP contribution < -0.4 is 15.4 Å². The Bertz CT molecular complexity index is 728. The van der Waals surface area contributed by atoms with Gasteiger partial charge in [0.15, 0.2) is 10.9 Å². The molecule has 0 radical (unpaired) electrons. The molecular weight excluding hydrogens is 308 g/mol. The SMILES string of the molecule is CC(=O)c1ccc(NC(=S)NC2CCOc3ccccc32)cc1. The van der Waals surface area contributed by atoms with Crippen LogP contribution >= 0.6 is 12.2 Å². The van der Waals surface area contributed by atoms with E-state index in [1.54, 1.807) is 19.1 Å². The first kappa shape index (κ1) is 15.5. The summed E-state index contributed by atoms with van der Waals surface area (Å²) in [6.07, 6.45) is 0.863. The number of hydrogen-bond acceptors (Lipinski definition) is 3. The van der Waals surface area contributed by atoms with Gasteiger partial charge in [0, 0.05) is 23.2 Å². The van der Waals surface area contributed by atoms with Crippen LogP contribution in [0.1, 0.15) is 35.3 Å². The fourth-order valence-corrected chi connectivity index (χ4v) is 2.87. The van der Waals surface area contributed by atoms with E-state index < -0.39 is 0 Å². The molecule has 0 bridgehead atoms. The van der Waals surface area contributed by atoms with Crippen LogP contribution in [0.25, 0.3) is 0 Å². The molecule has 2 N–H and O–H groups in total. The normalized spacial score (nSPS) is 16.0. The fraction of sp³-hybridized carbons (Fsp3) is 0.222. The van der Waals surface area contributed by atoms with Crippen LogP contribution in [-0.2, 0) is 0 Å². The standard InChI is InChI=1S/C18H18N2O2S/c1-12(21)13-6-8-14(9-7-13)19-18(23)20-16-10-11-22-17-5-3-2-4-15(16)17/h2-9,16H,10-11H2,1H3,(H2,19,20,23). The second-order valence-corrected chi connectivity index (χ2v) is 5.87. The maximum atomic E-state index is 11.3. The van der Waals surface area contributed by atoms with Gasteiger partial charge in [0.05, 0.1) is 12.6 Å². The van der Waals surface area contributed by atoms with Crippen LogP contribution in [0.4, 0.5) is 5.69 Å². The summed E-state index contributed by atoms with van der Waals surface area (Å²) in [6, 6.07) is 15.4. The molecule has 1 aliphatic rings. The van der Waals surface area contributed by atoms with E-state index >= 15 is 0 Å². The molecule has 0 saturated heterocycles. The van der Waals surface area contributed by atoms with Crippen molar-refractivity contribution in [1.82, 2.24) is 5.32 Å². The molecule has 0 fully saturated rings. The Morgan fingerprint density at radius 3 is 2.65 bits per heavy atom. The van der Waals surface area contributed by atoms with E-state index in [0.29, 0.717) is 17.3 Å². The van der Waals surface area contributed by atoms with E-state index in [1.807, 2.05) is 30.3 Å². The Morgan fingerprint density at radius 2 is 1.91 bits per heavy atom. The predicted molar refractivity (Wildman–Crippen MR) is 95.1 cm³/mol. The Morgan fingerprint density at radius 1 is 1.17 bits per heavy atom. The summed E-state index contributed by atoms with van der Waals surface area (Å²) in [5.41, 5.74) is 2.66. The van der Waals surface area contributed by atoms with Crippen LogP contribution in [-0.4, -0.2) is 17.5 Å². The molecule has 0 spiro atoms. The zero-order valence-electron chi connectivity index (χ0n) is 12.8. The molecule has 1 unspecified atom stereocenters. The van der Waals surface area contributed by atoms with Gasteiger partial charge >= 0.3 is 0 Å². The van der Waals surface area contributed by atoms with E-state index in [1.165, 1.54) is 0 Å². The smallest absolute Gasteiger partial charge is 0.171 e. The summed E-state index contributed by atoms with van der Waals surface area (Å²) in [5.74, 6) is 0.959. The summed E-state index contributed by atoms with van der Waals surface area (Å²) in [4.78, 5) is 11.3. The summed E-state index contributed by atoms with van der Waals surface area (Å²) in [7, 11) is 0. The minimum Gasteiger partial charge on any atom is -0.493 e. The molecule has 1 aliphatic heterocycles. The maximum Gasteiger partial charge on any atom is 0.171 e. The summed E-state index contributed by atoms with van der Waals surface area (Å²) in [6.45, 7) is 2.22. The van der Waals surface area contributed by atoms with Gasteiger partial charge < -0.3 is 15.4 Å². The lowest BCUT2D eigenvalue weighted by Gasteiger charge is -2.27. The number of nitrogens with one attached hydrogen (secondary N) is 2.